The molecule has 0 aliphatic rings. The third kappa shape index (κ3) is 6.80. The molecule has 27 heavy (non-hydrogen) atoms. The predicted octanol–water partition coefficient (Wildman–Crippen LogP) is 6.98. The molecule has 2 rings (SSSR count). The van der Waals surface area contributed by atoms with Crippen molar-refractivity contribution in [3.63, 3.8) is 0 Å². The fourth-order valence-electron chi connectivity index (χ4n) is 3.07. The van der Waals surface area contributed by atoms with Gasteiger partial charge in [-0.1, -0.05) is 32.8 Å². The summed E-state index contributed by atoms with van der Waals surface area (Å²) >= 11 is 6.16. The lowest BCUT2D eigenvalue weighted by Crippen LogP contribution is -2.02. The molecule has 0 heterocycles. The summed E-state index contributed by atoms with van der Waals surface area (Å²) in [4.78, 5) is 0. The van der Waals surface area contributed by atoms with Gasteiger partial charge in [-0.05, 0) is 61.8 Å². The molecule has 2 aromatic rings. The molecule has 150 valence electrons. The second-order valence-corrected chi connectivity index (χ2v) is 7.50. The number of rotatable bonds is 13. The number of fused-ring (bicyclic) bond motifs is 1. The summed E-state index contributed by atoms with van der Waals surface area (Å²) in [5, 5.41) is 2.42. The smallest absolute Gasteiger partial charge is 0.168 e. The van der Waals surface area contributed by atoms with Crippen LogP contribution in [-0.4, -0.2) is 25.7 Å². The molecule has 0 fully saturated rings. The SMILES string of the molecule is CCCCCOc1ccc2c(OC)c(OCCCCC(Cl)CC)ccc2c1. The molecular weight excluding hydrogens is 360 g/mol. The lowest BCUT2D eigenvalue weighted by molar-refractivity contribution is 0.286. The van der Waals surface area contributed by atoms with E-state index in [9.17, 15) is 0 Å². The van der Waals surface area contributed by atoms with Crippen LogP contribution in [0.1, 0.15) is 58.8 Å². The van der Waals surface area contributed by atoms with E-state index in [1.54, 1.807) is 7.11 Å². The third-order valence-corrected chi connectivity index (χ3v) is 5.27. The van der Waals surface area contributed by atoms with Gasteiger partial charge in [-0.3, -0.25) is 0 Å². The average Bonchev–Trinajstić information content (AvgIpc) is 2.70. The summed E-state index contributed by atoms with van der Waals surface area (Å²) in [5.41, 5.74) is 0. The van der Waals surface area contributed by atoms with E-state index in [0.29, 0.717) is 6.61 Å². The zero-order valence-corrected chi connectivity index (χ0v) is 17.7. The Bertz CT molecular complexity index is 687. The van der Waals surface area contributed by atoms with Crippen molar-refractivity contribution in [2.75, 3.05) is 20.3 Å². The van der Waals surface area contributed by atoms with Gasteiger partial charge in [0.2, 0.25) is 0 Å². The first-order valence-electron chi connectivity index (χ1n) is 10.2. The molecule has 0 aliphatic heterocycles. The minimum absolute atomic E-state index is 0.276. The van der Waals surface area contributed by atoms with Crippen molar-refractivity contribution in [3.05, 3.63) is 30.3 Å². The highest BCUT2D eigenvalue weighted by molar-refractivity contribution is 6.20. The molecule has 0 aliphatic carbocycles. The van der Waals surface area contributed by atoms with Crippen LogP contribution in [0.4, 0.5) is 0 Å². The highest BCUT2D eigenvalue weighted by Crippen LogP contribution is 2.37. The van der Waals surface area contributed by atoms with Gasteiger partial charge in [-0.2, -0.15) is 0 Å². The Hall–Kier alpha value is -1.61. The molecule has 0 saturated carbocycles. The van der Waals surface area contributed by atoms with Gasteiger partial charge in [-0.15, -0.1) is 11.6 Å². The number of halogens is 1. The molecule has 0 aromatic heterocycles. The lowest BCUT2D eigenvalue weighted by atomic mass is 10.1. The maximum absolute atomic E-state index is 6.16. The number of unbranched alkanes of at least 4 members (excludes halogenated alkanes) is 3. The van der Waals surface area contributed by atoms with Crippen molar-refractivity contribution in [3.8, 4) is 17.2 Å². The Morgan fingerprint density at radius 1 is 0.926 bits per heavy atom. The van der Waals surface area contributed by atoms with E-state index in [1.807, 2.05) is 12.1 Å². The molecular formula is C23H33ClO3. The molecule has 1 atom stereocenters. The molecule has 0 spiro atoms. The van der Waals surface area contributed by atoms with Crippen LogP contribution in [0.15, 0.2) is 30.3 Å². The summed E-state index contributed by atoms with van der Waals surface area (Å²) in [6.07, 6.45) is 7.62. The number of hydrogen-bond donors (Lipinski definition) is 0. The maximum Gasteiger partial charge on any atom is 0.168 e. The first kappa shape index (κ1) is 21.7. The minimum atomic E-state index is 0.276. The van der Waals surface area contributed by atoms with E-state index in [0.717, 1.165) is 66.7 Å². The first-order chi connectivity index (χ1) is 13.2. The second kappa shape index (κ2) is 12.0. The molecule has 3 nitrogen and oxygen atoms in total. The lowest BCUT2D eigenvalue weighted by Gasteiger charge is -2.14. The van der Waals surface area contributed by atoms with E-state index >= 15 is 0 Å². The van der Waals surface area contributed by atoms with Crippen molar-refractivity contribution in [1.82, 2.24) is 0 Å². The number of hydrogen-bond acceptors (Lipinski definition) is 3. The highest BCUT2D eigenvalue weighted by Gasteiger charge is 2.11. The van der Waals surface area contributed by atoms with Crippen LogP contribution in [0, 0.1) is 0 Å². The Morgan fingerprint density at radius 2 is 1.70 bits per heavy atom. The van der Waals surface area contributed by atoms with Crippen LogP contribution in [0.25, 0.3) is 10.8 Å². The van der Waals surface area contributed by atoms with Gasteiger partial charge in [0.05, 0.1) is 20.3 Å². The molecule has 0 N–H and O–H groups in total. The van der Waals surface area contributed by atoms with Crippen LogP contribution in [-0.2, 0) is 0 Å². The van der Waals surface area contributed by atoms with Gasteiger partial charge >= 0.3 is 0 Å². The van der Waals surface area contributed by atoms with Gasteiger partial charge in [-0.25, -0.2) is 0 Å². The number of ether oxygens (including phenoxy) is 3. The van der Waals surface area contributed by atoms with Crippen molar-refractivity contribution in [2.45, 2.75) is 64.2 Å². The molecule has 0 amide bonds. The van der Waals surface area contributed by atoms with Crippen molar-refractivity contribution in [2.24, 2.45) is 0 Å². The molecule has 4 heteroatoms. The van der Waals surface area contributed by atoms with E-state index in [4.69, 9.17) is 25.8 Å². The van der Waals surface area contributed by atoms with E-state index in [-0.39, 0.29) is 5.38 Å². The van der Waals surface area contributed by atoms with Gasteiger partial charge < -0.3 is 14.2 Å². The predicted molar refractivity (Wildman–Crippen MR) is 115 cm³/mol. The van der Waals surface area contributed by atoms with E-state index in [2.05, 4.69) is 32.0 Å². The van der Waals surface area contributed by atoms with Gasteiger partial charge in [0.1, 0.15) is 5.75 Å². The van der Waals surface area contributed by atoms with Crippen molar-refractivity contribution in [1.29, 1.82) is 0 Å². The minimum Gasteiger partial charge on any atom is -0.494 e. The van der Waals surface area contributed by atoms with Gasteiger partial charge in [0, 0.05) is 10.8 Å². The zero-order chi connectivity index (χ0) is 19.5. The largest absolute Gasteiger partial charge is 0.494 e. The first-order valence-corrected chi connectivity index (χ1v) is 10.6. The highest BCUT2D eigenvalue weighted by atomic mass is 35.5. The van der Waals surface area contributed by atoms with Crippen LogP contribution in [0.5, 0.6) is 17.2 Å². The Labute approximate surface area is 169 Å². The normalized spacial score (nSPS) is 12.1. The van der Waals surface area contributed by atoms with E-state index < -0.39 is 0 Å². The molecule has 1 unspecified atom stereocenters. The standard InChI is InChI=1S/C23H33ClO3/c1-4-6-8-15-26-20-12-13-21-18(17-20)11-14-22(23(21)25-3)27-16-9-7-10-19(24)5-2/h11-14,17,19H,4-10,15-16H2,1-3H3. The molecule has 2 aromatic carbocycles. The molecule has 0 radical (unpaired) electrons. The summed E-state index contributed by atoms with van der Waals surface area (Å²) in [6.45, 7) is 5.75. The number of benzene rings is 2. The van der Waals surface area contributed by atoms with Crippen molar-refractivity contribution >= 4 is 22.4 Å². The molecule has 0 saturated heterocycles. The third-order valence-electron chi connectivity index (χ3n) is 4.74. The quantitative estimate of drug-likeness (QED) is 0.271. The second-order valence-electron chi connectivity index (χ2n) is 6.89. The summed E-state index contributed by atoms with van der Waals surface area (Å²) in [6, 6.07) is 10.2. The Morgan fingerprint density at radius 3 is 2.44 bits per heavy atom. The van der Waals surface area contributed by atoms with E-state index in [1.165, 1.54) is 12.8 Å². The monoisotopic (exact) mass is 392 g/mol. The fraction of sp³-hybridized carbons (Fsp3) is 0.565. The fourth-order valence-corrected chi connectivity index (χ4v) is 3.22. The molecule has 0 bridgehead atoms. The number of alkyl halides is 1. The van der Waals surface area contributed by atoms with Gasteiger partial charge in [0.15, 0.2) is 11.5 Å². The van der Waals surface area contributed by atoms with Crippen LogP contribution in [0.3, 0.4) is 0 Å². The van der Waals surface area contributed by atoms with Crippen LogP contribution in [0.2, 0.25) is 0 Å². The Balaban J connectivity index is 1.97. The summed E-state index contributed by atoms with van der Waals surface area (Å²) < 4.78 is 17.5. The van der Waals surface area contributed by atoms with Gasteiger partial charge in [0.25, 0.3) is 0 Å². The summed E-state index contributed by atoms with van der Waals surface area (Å²) in [5.74, 6) is 2.48. The average molecular weight is 393 g/mol. The van der Waals surface area contributed by atoms with Crippen LogP contribution < -0.4 is 14.2 Å². The number of methoxy groups -OCH3 is 1. The van der Waals surface area contributed by atoms with Crippen LogP contribution >= 0.6 is 11.6 Å². The zero-order valence-electron chi connectivity index (χ0n) is 16.9. The topological polar surface area (TPSA) is 27.7 Å². The van der Waals surface area contributed by atoms with Crippen molar-refractivity contribution < 1.29 is 14.2 Å². The Kier molecular flexibility index (Phi) is 9.61. The maximum atomic E-state index is 6.16. The summed E-state index contributed by atoms with van der Waals surface area (Å²) in [7, 11) is 1.69.